The van der Waals surface area contributed by atoms with E-state index in [1.807, 2.05) is 0 Å². The molecule has 0 spiro atoms. The predicted molar refractivity (Wildman–Crippen MR) is 75.9 cm³/mol. The van der Waals surface area contributed by atoms with Gasteiger partial charge in [-0.25, -0.2) is 4.98 Å². The number of nitrogens with zero attached hydrogens (tertiary/aromatic N) is 3. The number of rotatable bonds is 4. The number of imidazole rings is 1. The first kappa shape index (κ1) is 12.4. The van der Waals surface area contributed by atoms with Gasteiger partial charge in [-0.3, -0.25) is 0 Å². The number of piperazine rings is 1. The van der Waals surface area contributed by atoms with Crippen LogP contribution in [-0.4, -0.2) is 49.3 Å². The molecule has 1 aliphatic rings. The van der Waals surface area contributed by atoms with Gasteiger partial charge in [0, 0.05) is 63.9 Å². The Hall–Kier alpha value is -1.59. The van der Waals surface area contributed by atoms with Crippen LogP contribution in [0, 0.1) is 0 Å². The molecule has 1 N–H and O–H groups in total. The summed E-state index contributed by atoms with van der Waals surface area (Å²) in [5, 5.41) is 3.37. The summed E-state index contributed by atoms with van der Waals surface area (Å²) >= 11 is 0. The standard InChI is InChI=1S/C14H20N4O/c1-19-9-3-12-11-18-6-2-13(10-14(18)16-12)17-7-4-15-5-8-17/h2,6,10-11,15H,3-5,7-9H2,1H3. The zero-order chi connectivity index (χ0) is 13.1. The molecule has 1 aliphatic heterocycles. The normalized spacial score (nSPS) is 16.2. The van der Waals surface area contributed by atoms with Crippen LogP contribution >= 0.6 is 0 Å². The molecule has 0 radical (unpaired) electrons. The molecule has 0 saturated carbocycles. The van der Waals surface area contributed by atoms with Crippen LogP contribution in [-0.2, 0) is 11.2 Å². The van der Waals surface area contributed by atoms with E-state index in [1.54, 1.807) is 7.11 Å². The van der Waals surface area contributed by atoms with E-state index in [0.717, 1.165) is 43.9 Å². The van der Waals surface area contributed by atoms with E-state index in [1.165, 1.54) is 5.69 Å². The second-order valence-corrected chi connectivity index (χ2v) is 4.86. The maximum atomic E-state index is 5.10. The fourth-order valence-corrected chi connectivity index (χ4v) is 2.47. The Balaban J connectivity index is 1.83. The van der Waals surface area contributed by atoms with Crippen molar-refractivity contribution in [1.82, 2.24) is 14.7 Å². The maximum absolute atomic E-state index is 5.10. The van der Waals surface area contributed by atoms with Crippen molar-refractivity contribution in [2.24, 2.45) is 0 Å². The molecule has 1 saturated heterocycles. The molecule has 0 amide bonds. The first-order chi connectivity index (χ1) is 9.36. The van der Waals surface area contributed by atoms with E-state index in [9.17, 15) is 0 Å². The quantitative estimate of drug-likeness (QED) is 0.888. The van der Waals surface area contributed by atoms with Crippen molar-refractivity contribution in [2.45, 2.75) is 6.42 Å². The summed E-state index contributed by atoms with van der Waals surface area (Å²) in [4.78, 5) is 7.05. The Labute approximate surface area is 113 Å². The maximum Gasteiger partial charge on any atom is 0.139 e. The highest BCUT2D eigenvalue weighted by atomic mass is 16.5. The minimum Gasteiger partial charge on any atom is -0.384 e. The first-order valence-corrected chi connectivity index (χ1v) is 6.79. The molecular weight excluding hydrogens is 240 g/mol. The molecular formula is C14H20N4O. The zero-order valence-electron chi connectivity index (χ0n) is 11.3. The van der Waals surface area contributed by atoms with E-state index in [4.69, 9.17) is 4.74 Å². The molecule has 1 fully saturated rings. The molecule has 5 heteroatoms. The van der Waals surface area contributed by atoms with Gasteiger partial charge in [0.05, 0.1) is 12.3 Å². The largest absolute Gasteiger partial charge is 0.384 e. The summed E-state index contributed by atoms with van der Waals surface area (Å²) in [6.45, 7) is 4.95. The van der Waals surface area contributed by atoms with Crippen molar-refractivity contribution in [1.29, 1.82) is 0 Å². The summed E-state index contributed by atoms with van der Waals surface area (Å²) < 4.78 is 7.18. The van der Waals surface area contributed by atoms with Gasteiger partial charge in [-0.2, -0.15) is 0 Å². The molecule has 2 aromatic heterocycles. The van der Waals surface area contributed by atoms with Crippen LogP contribution in [0.3, 0.4) is 0 Å². The molecule has 102 valence electrons. The van der Waals surface area contributed by atoms with E-state index >= 15 is 0 Å². The number of hydrogen-bond acceptors (Lipinski definition) is 4. The SMILES string of the molecule is COCCc1cn2ccc(N3CCNCC3)cc2n1. The van der Waals surface area contributed by atoms with Gasteiger partial charge in [-0.15, -0.1) is 0 Å². The number of aromatic nitrogens is 2. The van der Waals surface area contributed by atoms with Crippen LogP contribution in [0.15, 0.2) is 24.5 Å². The van der Waals surface area contributed by atoms with E-state index in [0.29, 0.717) is 6.61 Å². The lowest BCUT2D eigenvalue weighted by Gasteiger charge is -2.29. The van der Waals surface area contributed by atoms with E-state index < -0.39 is 0 Å². The van der Waals surface area contributed by atoms with Crippen molar-refractivity contribution in [2.75, 3.05) is 44.8 Å². The minimum atomic E-state index is 0.717. The molecule has 5 nitrogen and oxygen atoms in total. The summed E-state index contributed by atoms with van der Waals surface area (Å²) in [6.07, 6.45) is 5.03. The number of ether oxygens (including phenoxy) is 1. The smallest absolute Gasteiger partial charge is 0.139 e. The summed E-state index contributed by atoms with van der Waals surface area (Å²) in [5.74, 6) is 0. The minimum absolute atomic E-state index is 0.717. The Morgan fingerprint density at radius 1 is 1.37 bits per heavy atom. The molecule has 19 heavy (non-hydrogen) atoms. The van der Waals surface area contributed by atoms with Gasteiger partial charge < -0.3 is 19.4 Å². The van der Waals surface area contributed by atoms with E-state index in [2.05, 4.69) is 44.1 Å². The summed E-state index contributed by atoms with van der Waals surface area (Å²) in [7, 11) is 1.72. The Morgan fingerprint density at radius 2 is 2.21 bits per heavy atom. The zero-order valence-corrected chi connectivity index (χ0v) is 11.3. The highest BCUT2D eigenvalue weighted by Crippen LogP contribution is 2.17. The average molecular weight is 260 g/mol. The molecule has 2 aromatic rings. The van der Waals surface area contributed by atoms with E-state index in [-0.39, 0.29) is 0 Å². The highest BCUT2D eigenvalue weighted by molar-refractivity contribution is 5.57. The number of pyridine rings is 1. The number of hydrogen-bond donors (Lipinski definition) is 1. The van der Waals surface area contributed by atoms with Crippen LogP contribution in [0.25, 0.3) is 5.65 Å². The van der Waals surface area contributed by atoms with Gasteiger partial charge >= 0.3 is 0 Å². The molecule has 0 aromatic carbocycles. The van der Waals surface area contributed by atoms with Gasteiger partial charge in [-0.05, 0) is 6.07 Å². The van der Waals surface area contributed by atoms with Crippen LogP contribution in [0.4, 0.5) is 5.69 Å². The third-order valence-corrected chi connectivity index (χ3v) is 3.54. The lowest BCUT2D eigenvalue weighted by molar-refractivity contribution is 0.201. The van der Waals surface area contributed by atoms with Gasteiger partial charge in [0.25, 0.3) is 0 Å². The Morgan fingerprint density at radius 3 is 3.00 bits per heavy atom. The molecule has 3 rings (SSSR count). The number of fused-ring (bicyclic) bond motifs is 1. The second kappa shape index (κ2) is 5.59. The highest BCUT2D eigenvalue weighted by Gasteiger charge is 2.11. The third kappa shape index (κ3) is 2.72. The molecule has 3 heterocycles. The number of nitrogens with one attached hydrogen (secondary N) is 1. The first-order valence-electron chi connectivity index (χ1n) is 6.79. The van der Waals surface area contributed by atoms with Crippen LogP contribution in [0.5, 0.6) is 0 Å². The monoisotopic (exact) mass is 260 g/mol. The average Bonchev–Trinajstić information content (AvgIpc) is 2.87. The summed E-state index contributed by atoms with van der Waals surface area (Å²) in [6, 6.07) is 4.34. The fourth-order valence-electron chi connectivity index (χ4n) is 2.47. The van der Waals surface area contributed by atoms with Gasteiger partial charge in [0.2, 0.25) is 0 Å². The fraction of sp³-hybridized carbons (Fsp3) is 0.500. The number of anilines is 1. The van der Waals surface area contributed by atoms with Gasteiger partial charge in [-0.1, -0.05) is 0 Å². The predicted octanol–water partition coefficient (Wildman–Crippen LogP) is 0.933. The van der Waals surface area contributed by atoms with Crippen LogP contribution in [0.1, 0.15) is 5.69 Å². The molecule has 0 bridgehead atoms. The lowest BCUT2D eigenvalue weighted by atomic mass is 10.3. The van der Waals surface area contributed by atoms with Crippen molar-refractivity contribution in [3.63, 3.8) is 0 Å². The Bertz CT molecular complexity index is 545. The molecule has 0 atom stereocenters. The van der Waals surface area contributed by atoms with Crippen molar-refractivity contribution < 1.29 is 4.74 Å². The van der Waals surface area contributed by atoms with Crippen molar-refractivity contribution in [3.8, 4) is 0 Å². The lowest BCUT2D eigenvalue weighted by Crippen LogP contribution is -2.43. The van der Waals surface area contributed by atoms with Crippen LogP contribution < -0.4 is 10.2 Å². The topological polar surface area (TPSA) is 41.8 Å². The third-order valence-electron chi connectivity index (χ3n) is 3.54. The second-order valence-electron chi connectivity index (χ2n) is 4.86. The van der Waals surface area contributed by atoms with Crippen molar-refractivity contribution in [3.05, 3.63) is 30.2 Å². The summed E-state index contributed by atoms with van der Waals surface area (Å²) in [5.41, 5.74) is 3.36. The number of methoxy groups -OCH3 is 1. The van der Waals surface area contributed by atoms with Gasteiger partial charge in [0.15, 0.2) is 0 Å². The Kier molecular flexibility index (Phi) is 3.66. The van der Waals surface area contributed by atoms with Gasteiger partial charge in [0.1, 0.15) is 5.65 Å². The molecule has 0 aliphatic carbocycles. The molecule has 0 unspecified atom stereocenters. The van der Waals surface area contributed by atoms with Crippen molar-refractivity contribution >= 4 is 11.3 Å². The van der Waals surface area contributed by atoms with Crippen LogP contribution in [0.2, 0.25) is 0 Å².